The van der Waals surface area contributed by atoms with Crippen molar-refractivity contribution >= 4 is 46.4 Å². The van der Waals surface area contributed by atoms with Crippen molar-refractivity contribution in [2.45, 2.75) is 370 Å². The molecule has 0 atom stereocenters. The van der Waals surface area contributed by atoms with Crippen molar-refractivity contribution in [2.75, 3.05) is 0 Å². The van der Waals surface area contributed by atoms with Crippen LogP contribution in [0.5, 0.6) is 0 Å². The fourth-order valence-corrected chi connectivity index (χ4v) is 23.1. The summed E-state index contributed by atoms with van der Waals surface area (Å²) >= 11 is 24.1. The van der Waals surface area contributed by atoms with Crippen LogP contribution in [0.2, 0.25) is 20.1 Å². The van der Waals surface area contributed by atoms with Crippen LogP contribution in [-0.4, -0.2) is 0 Å². The number of benzene rings is 7. The smallest absolute Gasteiger partial charge is 0.162 e. The van der Waals surface area contributed by atoms with Gasteiger partial charge in [0.05, 0.1) is 20.1 Å². The molecule has 7 aromatic rings. The maximum atomic E-state index is 14.2. The summed E-state index contributed by atoms with van der Waals surface area (Å²) in [5, 5.41) is 1.30. The van der Waals surface area contributed by atoms with Crippen LogP contribution in [-0.2, 0) is 0 Å². The van der Waals surface area contributed by atoms with Crippen molar-refractivity contribution < 1.29 is 56.7 Å². The molecular formula is C110H164Cl4F10. The Balaban J connectivity index is 0.000000771. The van der Waals surface area contributed by atoms with Gasteiger partial charge in [-0.05, 0) is 374 Å². The van der Waals surface area contributed by atoms with Gasteiger partial charge in [0.2, 0.25) is 0 Å². The highest BCUT2D eigenvalue weighted by Gasteiger charge is 2.36. The van der Waals surface area contributed by atoms with Gasteiger partial charge in [0, 0.05) is 12.8 Å². The molecule has 0 aromatic heterocycles. The van der Waals surface area contributed by atoms with Crippen LogP contribution in [0.15, 0.2) is 84.9 Å². The van der Waals surface area contributed by atoms with E-state index in [4.69, 9.17) is 46.4 Å². The minimum atomic E-state index is -0.670. The Labute approximate surface area is 774 Å². The van der Waals surface area contributed by atoms with E-state index in [9.17, 15) is 43.9 Å². The molecule has 9 fully saturated rings. The summed E-state index contributed by atoms with van der Waals surface area (Å²) in [4.78, 5) is 0. The van der Waals surface area contributed by atoms with E-state index >= 15 is 0 Å². The molecule has 14 heteroatoms. The molecule has 124 heavy (non-hydrogen) atoms. The molecule has 0 bridgehead atoms. The van der Waals surface area contributed by atoms with Gasteiger partial charge < -0.3 is 0 Å². The summed E-state index contributed by atoms with van der Waals surface area (Å²) in [5.74, 6) is 6.79. The van der Waals surface area contributed by atoms with E-state index in [0.29, 0.717) is 88.3 Å². The van der Waals surface area contributed by atoms with Crippen LogP contribution in [0.1, 0.15) is 412 Å². The molecule has 9 saturated carbocycles. The third-order valence-electron chi connectivity index (χ3n) is 31.3. The van der Waals surface area contributed by atoms with Crippen molar-refractivity contribution in [1.82, 2.24) is 0 Å². The molecule has 702 valence electrons. The molecule has 0 aliphatic heterocycles. The first-order chi connectivity index (χ1) is 59.1. The predicted molar refractivity (Wildman–Crippen MR) is 520 cm³/mol. The number of hydrogen-bond acceptors (Lipinski definition) is 0. The van der Waals surface area contributed by atoms with Crippen molar-refractivity contribution in [3.63, 3.8) is 0 Å². The van der Waals surface area contributed by atoms with E-state index in [1.165, 1.54) is 128 Å². The molecule has 0 heterocycles. The van der Waals surface area contributed by atoms with Crippen molar-refractivity contribution in [3.05, 3.63) is 241 Å². The Bertz CT molecular complexity index is 4010. The molecule has 9 aliphatic rings. The number of rotatable bonds is 9. The number of aryl methyl sites for hydroxylation is 7. The van der Waals surface area contributed by atoms with Gasteiger partial charge in [-0.1, -0.05) is 270 Å². The predicted octanol–water partition coefficient (Wildman–Crippen LogP) is 39.9. The molecule has 0 amide bonds. The van der Waals surface area contributed by atoms with Gasteiger partial charge in [-0.15, -0.1) is 0 Å². The van der Waals surface area contributed by atoms with Crippen molar-refractivity contribution in [3.8, 4) is 0 Å². The first kappa shape index (κ1) is 101. The molecule has 0 unspecified atom stereocenters. The van der Waals surface area contributed by atoms with E-state index in [1.54, 1.807) is 71.0 Å². The highest BCUT2D eigenvalue weighted by Crippen LogP contribution is 2.50. The summed E-state index contributed by atoms with van der Waals surface area (Å²) in [6.07, 6.45) is 42.8. The monoisotopic (exact) mass is 1820 g/mol. The van der Waals surface area contributed by atoms with Crippen molar-refractivity contribution in [2.24, 2.45) is 65.1 Å². The normalized spacial score (nSPS) is 28.3. The van der Waals surface area contributed by atoms with E-state index in [1.807, 2.05) is 62.4 Å². The summed E-state index contributed by atoms with van der Waals surface area (Å²) in [5.41, 5.74) is 9.60. The number of halogens is 14. The van der Waals surface area contributed by atoms with Crippen LogP contribution in [0.3, 0.4) is 0 Å². The summed E-state index contributed by atoms with van der Waals surface area (Å²) in [7, 11) is 0. The third-order valence-corrected chi connectivity index (χ3v) is 33.0. The zero-order valence-corrected chi connectivity index (χ0v) is 80.2. The van der Waals surface area contributed by atoms with E-state index in [0.717, 1.165) is 201 Å². The van der Waals surface area contributed by atoms with Crippen LogP contribution in [0.4, 0.5) is 43.9 Å². The molecule has 0 nitrogen and oxygen atoms in total. The van der Waals surface area contributed by atoms with E-state index < -0.39 is 34.9 Å². The lowest BCUT2D eigenvalue weighted by atomic mass is 9.68. The second kappa shape index (κ2) is 48.2. The molecule has 0 N–H and O–H groups in total. The van der Waals surface area contributed by atoms with Gasteiger partial charge in [-0.3, -0.25) is 0 Å². The average molecular weight is 1820 g/mol. The maximum Gasteiger partial charge on any atom is 0.162 e. The maximum absolute atomic E-state index is 14.2. The van der Waals surface area contributed by atoms with Crippen LogP contribution >= 0.6 is 46.4 Å². The van der Waals surface area contributed by atoms with Gasteiger partial charge >= 0.3 is 0 Å². The van der Waals surface area contributed by atoms with Crippen molar-refractivity contribution in [1.29, 1.82) is 0 Å². The Morgan fingerprint density at radius 1 is 0.169 bits per heavy atom. The lowest BCUT2D eigenvalue weighted by Crippen LogP contribution is -2.25. The second-order valence-corrected chi connectivity index (χ2v) is 42.3. The molecule has 0 spiro atoms. The lowest BCUT2D eigenvalue weighted by molar-refractivity contribution is 0.164. The van der Waals surface area contributed by atoms with Gasteiger partial charge in [0.1, 0.15) is 23.3 Å². The molecule has 16 rings (SSSR count). The second-order valence-electron chi connectivity index (χ2n) is 40.7. The SMILES string of the molecule is Cc1ccc(C2CCC(C)CC2)c(Cl)c1F.Cc1ccc(C2CCC(C)CC2)c(Cl)c1F.Cc1ccc(C2CCC(C)CC2)c(F)c1Cl.Cc1ccc(C2CCC(C)CC2)c(F)c1Cl.Cc1ccc(C2CCC(C)CC2)c(F)c1F.Cc1ccc(C2CCC(C3CCC(C)CC3)CC2)c(F)c1F.Cc1ccc(C2CCC(C3CCC(C)CC3)CC2)c(F)c1F.[HH].[HH].[HH].[HH].[HH].[HH].[HH].[HH].[HH]. The highest BCUT2D eigenvalue weighted by atomic mass is 35.5. The van der Waals surface area contributed by atoms with Crippen LogP contribution < -0.4 is 0 Å². The molecule has 0 saturated heterocycles. The minimum absolute atomic E-state index is 0. The molecular weight excluding hydrogens is 1650 g/mol. The first-order valence-corrected chi connectivity index (χ1v) is 49.7. The fourth-order valence-electron chi connectivity index (χ4n) is 22.0. The van der Waals surface area contributed by atoms with Gasteiger partial charge in [-0.2, -0.15) is 0 Å². The highest BCUT2D eigenvalue weighted by molar-refractivity contribution is 6.32. The van der Waals surface area contributed by atoms with Crippen LogP contribution in [0, 0.1) is 172 Å². The lowest BCUT2D eigenvalue weighted by Gasteiger charge is -2.37. The molecule has 0 radical (unpaired) electrons. The van der Waals surface area contributed by atoms with E-state index in [2.05, 4.69) is 48.5 Å². The Hall–Kier alpha value is -5.00. The zero-order valence-electron chi connectivity index (χ0n) is 77.2. The van der Waals surface area contributed by atoms with Crippen LogP contribution in [0.25, 0.3) is 0 Å². The fraction of sp³-hybridized carbons (Fsp3) is 0.618. The van der Waals surface area contributed by atoms with Gasteiger partial charge in [0.15, 0.2) is 34.9 Å². The summed E-state index contributed by atoms with van der Waals surface area (Å²) < 4.78 is 139. The Kier molecular flexibility index (Phi) is 39.3. The largest absolute Gasteiger partial charge is 0.205 e. The topological polar surface area (TPSA) is 0 Å². The minimum Gasteiger partial charge on any atom is -0.205 e. The first-order valence-electron chi connectivity index (χ1n) is 48.2. The average Bonchev–Trinajstić information content (AvgIpc) is 0.812. The molecule has 9 aliphatic carbocycles. The summed E-state index contributed by atoms with van der Waals surface area (Å²) in [6.45, 7) is 28.1. The Morgan fingerprint density at radius 2 is 0.315 bits per heavy atom. The quantitative estimate of drug-likeness (QED) is 0.126. The molecule has 7 aromatic carbocycles. The zero-order chi connectivity index (χ0) is 89.9. The third kappa shape index (κ3) is 27.3. The number of hydrogen-bond donors (Lipinski definition) is 0. The van der Waals surface area contributed by atoms with Gasteiger partial charge in [-0.25, -0.2) is 43.9 Å². The standard InChI is InChI=1S/2C20H28F2.4C14H18ClF.C14H18F2.9H2/c2*1-13-3-6-15(7-4-13)16-8-10-17(11-9-16)18-12-5-14(2)19(21)20(18)22;2*1-9-3-6-11(7-4-9)12-8-5-10(2)14(16)13(12)15;3*1-9-3-6-11(7-4-9)12-8-5-10(2)13(15)14(12)16;;;;;;;;;/h2*5,12-13,15-17H,3-4,6-11H2,1-2H3;5*5,8-9,11H,3-4,6-7H2,1-2H3;9*1H. The Morgan fingerprint density at radius 3 is 0.524 bits per heavy atom. The summed E-state index contributed by atoms with van der Waals surface area (Å²) in [6, 6.07) is 25.9. The van der Waals surface area contributed by atoms with E-state index in [-0.39, 0.29) is 53.9 Å². The van der Waals surface area contributed by atoms with Gasteiger partial charge in [0.25, 0.3) is 0 Å².